The molecule has 0 amide bonds. The Labute approximate surface area is 209 Å². The number of nitrogens with one attached hydrogen (secondary N) is 2. The lowest BCUT2D eigenvalue weighted by Crippen LogP contribution is -2.35. The summed E-state index contributed by atoms with van der Waals surface area (Å²) in [4.78, 5) is 11.2. The fourth-order valence-electron chi connectivity index (χ4n) is 4.83. The second-order valence-corrected chi connectivity index (χ2v) is 8.89. The number of ether oxygens (including phenoxy) is 2. The molecular formula is C24H28Cl2FN5O2. The van der Waals surface area contributed by atoms with E-state index in [-0.39, 0.29) is 23.1 Å². The standard InChI is InChI=1S/C24H27ClFN5O2.ClH/c1-32-21-11-19-16(24(29-14-28-19)30-18-5-2-4-17(25)23(18)26)10-22(21)33-9-3-7-31-8-6-15-12-27-13-20(15)31;/h2,4-5,10-11,14-15,20,27H,3,6-9,12-13H2,1H3,(H,28,29,30);1H. The topological polar surface area (TPSA) is 71.5 Å². The van der Waals surface area contributed by atoms with Crippen LogP contribution in [0.25, 0.3) is 10.9 Å². The number of hydrogen-bond donors (Lipinski definition) is 2. The SMILES string of the molecule is COc1cc2ncnc(Nc3cccc(Cl)c3F)c2cc1OCCCN1CCC2CNCC21.Cl. The zero-order valence-electron chi connectivity index (χ0n) is 18.9. The van der Waals surface area contributed by atoms with Gasteiger partial charge in [-0.05, 0) is 50.0 Å². The minimum Gasteiger partial charge on any atom is -0.493 e. The molecule has 2 saturated heterocycles. The van der Waals surface area contributed by atoms with Gasteiger partial charge >= 0.3 is 0 Å². The Morgan fingerprint density at radius 2 is 2.12 bits per heavy atom. The molecule has 2 unspecified atom stereocenters. The molecule has 2 aliphatic heterocycles. The molecule has 0 bridgehead atoms. The lowest BCUT2D eigenvalue weighted by Gasteiger charge is -2.23. The van der Waals surface area contributed by atoms with E-state index in [1.165, 1.54) is 25.4 Å². The minimum atomic E-state index is -0.530. The summed E-state index contributed by atoms with van der Waals surface area (Å²) in [5.41, 5.74) is 0.905. The van der Waals surface area contributed by atoms with Crippen LogP contribution in [-0.4, -0.2) is 60.8 Å². The van der Waals surface area contributed by atoms with E-state index in [9.17, 15) is 4.39 Å². The zero-order valence-corrected chi connectivity index (χ0v) is 20.5. The van der Waals surface area contributed by atoms with Gasteiger partial charge in [0.1, 0.15) is 12.1 Å². The maximum Gasteiger partial charge on any atom is 0.165 e. The quantitative estimate of drug-likeness (QED) is 0.429. The van der Waals surface area contributed by atoms with E-state index in [0.717, 1.165) is 32.0 Å². The van der Waals surface area contributed by atoms with E-state index in [4.69, 9.17) is 21.1 Å². The van der Waals surface area contributed by atoms with Gasteiger partial charge in [0.15, 0.2) is 17.3 Å². The summed E-state index contributed by atoms with van der Waals surface area (Å²) in [5, 5.41) is 7.26. The Bertz CT molecular complexity index is 1150. The van der Waals surface area contributed by atoms with E-state index in [1.54, 1.807) is 25.3 Å². The minimum absolute atomic E-state index is 0. The molecule has 0 saturated carbocycles. The molecule has 2 N–H and O–H groups in total. The van der Waals surface area contributed by atoms with Gasteiger partial charge in [-0.3, -0.25) is 4.90 Å². The molecule has 0 radical (unpaired) electrons. The van der Waals surface area contributed by atoms with Gasteiger partial charge in [-0.15, -0.1) is 12.4 Å². The van der Waals surface area contributed by atoms with Gasteiger partial charge in [-0.1, -0.05) is 17.7 Å². The smallest absolute Gasteiger partial charge is 0.165 e. The molecule has 3 heterocycles. The molecule has 0 aliphatic carbocycles. The molecule has 2 atom stereocenters. The van der Waals surface area contributed by atoms with Crippen molar-refractivity contribution in [3.05, 3.63) is 47.5 Å². The highest BCUT2D eigenvalue weighted by molar-refractivity contribution is 6.31. The molecule has 2 aromatic carbocycles. The zero-order chi connectivity index (χ0) is 22.8. The number of nitrogens with zero attached hydrogens (tertiary/aromatic N) is 3. The summed E-state index contributed by atoms with van der Waals surface area (Å²) < 4.78 is 26.1. The average Bonchev–Trinajstić information content (AvgIpc) is 3.44. The van der Waals surface area contributed by atoms with Crippen molar-refractivity contribution in [1.82, 2.24) is 20.2 Å². The van der Waals surface area contributed by atoms with Crippen molar-refractivity contribution in [2.24, 2.45) is 5.92 Å². The fraction of sp³-hybridized carbons (Fsp3) is 0.417. The second kappa shape index (κ2) is 10.9. The molecular weight excluding hydrogens is 480 g/mol. The Morgan fingerprint density at radius 3 is 2.97 bits per heavy atom. The number of anilines is 2. The first-order valence-corrected chi connectivity index (χ1v) is 11.6. The van der Waals surface area contributed by atoms with Crippen LogP contribution in [-0.2, 0) is 0 Å². The predicted octanol–water partition coefficient (Wildman–Crippen LogP) is 4.66. The van der Waals surface area contributed by atoms with Crippen molar-refractivity contribution in [3.63, 3.8) is 0 Å². The van der Waals surface area contributed by atoms with Crippen molar-refractivity contribution >= 4 is 46.4 Å². The maximum absolute atomic E-state index is 14.4. The van der Waals surface area contributed by atoms with Crippen LogP contribution in [0, 0.1) is 11.7 Å². The molecule has 3 aromatic rings. The van der Waals surface area contributed by atoms with Gasteiger partial charge in [0, 0.05) is 30.6 Å². The van der Waals surface area contributed by atoms with Crippen LogP contribution >= 0.6 is 24.0 Å². The first-order chi connectivity index (χ1) is 16.1. The number of aromatic nitrogens is 2. The first-order valence-electron chi connectivity index (χ1n) is 11.3. The van der Waals surface area contributed by atoms with Crippen molar-refractivity contribution in [1.29, 1.82) is 0 Å². The molecule has 182 valence electrons. The highest BCUT2D eigenvalue weighted by Crippen LogP contribution is 2.35. The van der Waals surface area contributed by atoms with Crippen LogP contribution in [0.15, 0.2) is 36.7 Å². The number of benzene rings is 2. The van der Waals surface area contributed by atoms with Crippen molar-refractivity contribution in [2.75, 3.05) is 45.2 Å². The first kappa shape index (κ1) is 24.7. The highest BCUT2D eigenvalue weighted by atomic mass is 35.5. The van der Waals surface area contributed by atoms with E-state index >= 15 is 0 Å². The number of fused-ring (bicyclic) bond motifs is 2. The predicted molar refractivity (Wildman–Crippen MR) is 134 cm³/mol. The van der Waals surface area contributed by atoms with Crippen LogP contribution in [0.2, 0.25) is 5.02 Å². The molecule has 10 heteroatoms. The van der Waals surface area contributed by atoms with Crippen molar-refractivity contribution < 1.29 is 13.9 Å². The third-order valence-corrected chi connectivity index (χ3v) is 6.82. The third-order valence-electron chi connectivity index (χ3n) is 6.53. The fourth-order valence-corrected chi connectivity index (χ4v) is 5.00. The summed E-state index contributed by atoms with van der Waals surface area (Å²) in [6.45, 7) is 4.99. The molecule has 34 heavy (non-hydrogen) atoms. The molecule has 2 fully saturated rings. The summed E-state index contributed by atoms with van der Waals surface area (Å²) in [6.07, 6.45) is 3.63. The van der Waals surface area contributed by atoms with Gasteiger partial charge in [0.05, 0.1) is 29.9 Å². The van der Waals surface area contributed by atoms with Gasteiger partial charge in [-0.25, -0.2) is 14.4 Å². The van der Waals surface area contributed by atoms with Crippen LogP contribution < -0.4 is 20.1 Å². The van der Waals surface area contributed by atoms with Crippen molar-refractivity contribution in [2.45, 2.75) is 18.9 Å². The third kappa shape index (κ3) is 5.00. The van der Waals surface area contributed by atoms with Crippen LogP contribution in [0.5, 0.6) is 11.5 Å². The number of methoxy groups -OCH3 is 1. The lowest BCUT2D eigenvalue weighted by molar-refractivity contribution is 0.217. The molecule has 2 aliphatic rings. The average molecular weight is 508 g/mol. The van der Waals surface area contributed by atoms with E-state index < -0.39 is 5.82 Å². The summed E-state index contributed by atoms with van der Waals surface area (Å²) in [5.74, 6) is 1.93. The van der Waals surface area contributed by atoms with Gasteiger partial charge in [0.2, 0.25) is 0 Å². The molecule has 1 aromatic heterocycles. The summed E-state index contributed by atoms with van der Waals surface area (Å²) in [7, 11) is 1.60. The van der Waals surface area contributed by atoms with Crippen molar-refractivity contribution in [3.8, 4) is 11.5 Å². The molecule has 0 spiro atoms. The Hall–Kier alpha value is -2.39. The molecule has 7 nitrogen and oxygen atoms in total. The van der Waals surface area contributed by atoms with Gasteiger partial charge < -0.3 is 20.1 Å². The van der Waals surface area contributed by atoms with Gasteiger partial charge in [0.25, 0.3) is 0 Å². The summed E-state index contributed by atoms with van der Waals surface area (Å²) >= 11 is 5.92. The Kier molecular flexibility index (Phi) is 7.93. The van der Waals surface area contributed by atoms with Gasteiger partial charge in [-0.2, -0.15) is 0 Å². The second-order valence-electron chi connectivity index (χ2n) is 8.48. The highest BCUT2D eigenvalue weighted by Gasteiger charge is 2.36. The van der Waals surface area contributed by atoms with E-state index in [2.05, 4.69) is 25.5 Å². The monoisotopic (exact) mass is 507 g/mol. The Balaban J connectivity index is 0.00000274. The van der Waals surface area contributed by atoms with Crippen LogP contribution in [0.4, 0.5) is 15.9 Å². The number of rotatable bonds is 8. The lowest BCUT2D eigenvalue weighted by atomic mass is 10.1. The number of likely N-dealkylation sites (tertiary alicyclic amines) is 1. The van der Waals surface area contributed by atoms with E-state index in [0.29, 0.717) is 40.9 Å². The normalized spacial score (nSPS) is 19.6. The summed E-state index contributed by atoms with van der Waals surface area (Å²) in [6, 6.07) is 9.10. The number of halogens is 3. The molecule has 5 rings (SSSR count). The van der Waals surface area contributed by atoms with Crippen LogP contribution in [0.1, 0.15) is 12.8 Å². The largest absolute Gasteiger partial charge is 0.493 e. The number of hydrogen-bond acceptors (Lipinski definition) is 7. The maximum atomic E-state index is 14.4. The van der Waals surface area contributed by atoms with E-state index in [1.807, 2.05) is 6.07 Å². The van der Waals surface area contributed by atoms with Crippen LogP contribution in [0.3, 0.4) is 0 Å². The Morgan fingerprint density at radius 1 is 1.24 bits per heavy atom.